The number of rotatable bonds is 4. The minimum absolute atomic E-state index is 0.0790. The first kappa shape index (κ1) is 20.2. The van der Waals surface area contributed by atoms with Crippen molar-refractivity contribution in [1.82, 2.24) is 14.8 Å². The summed E-state index contributed by atoms with van der Waals surface area (Å²) < 4.78 is 0. The van der Waals surface area contributed by atoms with Gasteiger partial charge in [-0.15, -0.1) is 0 Å². The Kier molecular flexibility index (Phi) is 5.59. The van der Waals surface area contributed by atoms with Gasteiger partial charge < -0.3 is 15.0 Å². The maximum atomic E-state index is 13.2. The van der Waals surface area contributed by atoms with E-state index in [-0.39, 0.29) is 17.9 Å². The van der Waals surface area contributed by atoms with E-state index in [0.29, 0.717) is 19.6 Å². The Morgan fingerprint density at radius 1 is 1.13 bits per heavy atom. The topological polar surface area (TPSA) is 52.9 Å². The van der Waals surface area contributed by atoms with E-state index in [9.17, 15) is 10.0 Å². The lowest BCUT2D eigenvalue weighted by molar-refractivity contribution is -0.629. The average molecular weight is 405 g/mol. The molecule has 0 aromatic heterocycles. The van der Waals surface area contributed by atoms with Crippen LogP contribution in [-0.4, -0.2) is 72.1 Å². The molecule has 6 nitrogen and oxygen atoms in total. The second-order valence-corrected chi connectivity index (χ2v) is 8.29. The molecule has 0 bridgehead atoms. The summed E-state index contributed by atoms with van der Waals surface area (Å²) in [6, 6.07) is 19.9. The molecule has 1 fully saturated rings. The Morgan fingerprint density at radius 2 is 1.77 bits per heavy atom. The first-order chi connectivity index (χ1) is 14.5. The zero-order valence-corrected chi connectivity index (χ0v) is 17.7. The SMILES string of the molecule is CN(C)CC(=O)N1CC(=Cc2ccccc2)C2=[N+]([O-])N(C)C(c3ccccc3)C2C1. The molecule has 0 aliphatic carbocycles. The largest absolute Gasteiger partial charge is 0.596 e. The van der Waals surface area contributed by atoms with Crippen molar-refractivity contribution in [1.29, 1.82) is 0 Å². The van der Waals surface area contributed by atoms with Crippen LogP contribution in [0.1, 0.15) is 17.2 Å². The number of hydrogen-bond acceptors (Lipinski definition) is 4. The zero-order chi connectivity index (χ0) is 21.3. The van der Waals surface area contributed by atoms with Crippen molar-refractivity contribution in [2.75, 3.05) is 40.8 Å². The Bertz CT molecular complexity index is 969. The van der Waals surface area contributed by atoms with Gasteiger partial charge in [-0.1, -0.05) is 65.5 Å². The Hall–Kier alpha value is -3.12. The molecule has 2 unspecified atom stereocenters. The number of piperidine rings is 1. The molecule has 0 saturated carbocycles. The molecule has 0 N–H and O–H groups in total. The van der Waals surface area contributed by atoms with Crippen LogP contribution < -0.4 is 0 Å². The number of likely N-dealkylation sites (tertiary alicyclic amines) is 1. The van der Waals surface area contributed by atoms with Gasteiger partial charge in [0.15, 0.2) is 0 Å². The number of nitrogens with zero attached hydrogens (tertiary/aromatic N) is 4. The lowest BCUT2D eigenvalue weighted by Crippen LogP contribution is -2.49. The van der Waals surface area contributed by atoms with Gasteiger partial charge in [-0.2, -0.15) is 5.01 Å². The van der Waals surface area contributed by atoms with Crippen LogP contribution in [0.4, 0.5) is 0 Å². The minimum atomic E-state index is -0.104. The molecule has 2 heterocycles. The van der Waals surface area contributed by atoms with Crippen LogP contribution in [0.2, 0.25) is 0 Å². The molecule has 2 aromatic carbocycles. The lowest BCUT2D eigenvalue weighted by atomic mass is 9.83. The summed E-state index contributed by atoms with van der Waals surface area (Å²) in [4.78, 5) is 17.8. The van der Waals surface area contributed by atoms with E-state index in [0.717, 1.165) is 27.3 Å². The standard InChI is InChI=1S/C24H28N4O2/c1-25(2)17-22(29)27-15-20(14-18-10-6-4-7-11-18)24-21(16-27)23(26(3)28(24)30)19-12-8-5-9-13-19/h4-14,21,23H,15-17H2,1-3H3. The molecule has 2 atom stereocenters. The fourth-order valence-electron chi connectivity index (χ4n) is 4.50. The predicted molar refractivity (Wildman–Crippen MR) is 119 cm³/mol. The number of carbonyl (C=O) groups is 1. The summed E-state index contributed by atoms with van der Waals surface area (Å²) in [5.41, 5.74) is 3.79. The molecule has 2 aliphatic heterocycles. The summed E-state index contributed by atoms with van der Waals surface area (Å²) in [6.07, 6.45) is 2.05. The number of benzene rings is 2. The maximum Gasteiger partial charge on any atom is 0.237 e. The number of hydrogen-bond donors (Lipinski definition) is 0. The molecule has 1 amide bonds. The van der Waals surface area contributed by atoms with E-state index >= 15 is 0 Å². The molecule has 2 aliphatic rings. The lowest BCUT2D eigenvalue weighted by Gasteiger charge is -2.33. The van der Waals surface area contributed by atoms with Crippen molar-refractivity contribution in [2.24, 2.45) is 5.92 Å². The van der Waals surface area contributed by atoms with Crippen LogP contribution in [0.3, 0.4) is 0 Å². The average Bonchev–Trinajstić information content (AvgIpc) is 2.99. The van der Waals surface area contributed by atoms with E-state index in [1.54, 1.807) is 5.01 Å². The number of hydrazine groups is 1. The van der Waals surface area contributed by atoms with Crippen molar-refractivity contribution >= 4 is 17.7 Å². The summed E-state index contributed by atoms with van der Waals surface area (Å²) in [5.74, 6) is 0.00144. The van der Waals surface area contributed by atoms with Crippen molar-refractivity contribution in [3.05, 3.63) is 82.6 Å². The number of fused-ring (bicyclic) bond motifs is 1. The van der Waals surface area contributed by atoms with Crippen LogP contribution in [0.15, 0.2) is 66.2 Å². The highest BCUT2D eigenvalue weighted by Crippen LogP contribution is 2.39. The van der Waals surface area contributed by atoms with Crippen molar-refractivity contribution in [3.8, 4) is 0 Å². The monoisotopic (exact) mass is 404 g/mol. The molecule has 2 aromatic rings. The minimum Gasteiger partial charge on any atom is -0.596 e. The molecular formula is C24H28N4O2. The molecule has 1 saturated heterocycles. The van der Waals surface area contributed by atoms with Gasteiger partial charge in [-0.25, -0.2) is 0 Å². The number of likely N-dealkylation sites (N-methyl/N-ethyl adjacent to an activating group) is 1. The third-order valence-corrected chi connectivity index (χ3v) is 5.82. The van der Waals surface area contributed by atoms with Gasteiger partial charge in [0, 0.05) is 12.1 Å². The third kappa shape index (κ3) is 3.83. The number of carbonyl (C=O) groups excluding carboxylic acids is 1. The first-order valence-corrected chi connectivity index (χ1v) is 10.3. The third-order valence-electron chi connectivity index (χ3n) is 5.82. The van der Waals surface area contributed by atoms with Crippen LogP contribution in [-0.2, 0) is 4.79 Å². The molecule has 156 valence electrons. The van der Waals surface area contributed by atoms with Gasteiger partial charge in [0.1, 0.15) is 6.04 Å². The van der Waals surface area contributed by atoms with Gasteiger partial charge in [0.05, 0.1) is 26.1 Å². The second kappa shape index (κ2) is 8.32. The van der Waals surface area contributed by atoms with Gasteiger partial charge in [0.2, 0.25) is 11.6 Å². The van der Waals surface area contributed by atoms with Crippen LogP contribution in [0.25, 0.3) is 6.08 Å². The van der Waals surface area contributed by atoms with Crippen molar-refractivity contribution in [3.63, 3.8) is 0 Å². The Morgan fingerprint density at radius 3 is 2.40 bits per heavy atom. The van der Waals surface area contributed by atoms with Gasteiger partial charge in [0.25, 0.3) is 0 Å². The van der Waals surface area contributed by atoms with Crippen LogP contribution in [0.5, 0.6) is 0 Å². The van der Waals surface area contributed by atoms with Gasteiger partial charge >= 0.3 is 0 Å². The normalized spacial score (nSPS) is 22.7. The van der Waals surface area contributed by atoms with Crippen LogP contribution >= 0.6 is 0 Å². The van der Waals surface area contributed by atoms with Crippen molar-refractivity contribution < 1.29 is 9.64 Å². The predicted octanol–water partition coefficient (Wildman–Crippen LogP) is 2.64. The molecule has 4 rings (SSSR count). The second-order valence-electron chi connectivity index (χ2n) is 8.29. The smallest absolute Gasteiger partial charge is 0.237 e. The summed E-state index contributed by atoms with van der Waals surface area (Å²) in [6.45, 7) is 1.34. The zero-order valence-electron chi connectivity index (χ0n) is 17.7. The van der Waals surface area contributed by atoms with Gasteiger partial charge in [-0.05, 0) is 31.3 Å². The first-order valence-electron chi connectivity index (χ1n) is 10.3. The van der Waals surface area contributed by atoms with E-state index in [4.69, 9.17) is 0 Å². The summed E-state index contributed by atoms with van der Waals surface area (Å²) in [5, 5.41) is 15.0. The van der Waals surface area contributed by atoms with E-state index < -0.39 is 0 Å². The molecule has 0 radical (unpaired) electrons. The van der Waals surface area contributed by atoms with E-state index in [2.05, 4.69) is 12.1 Å². The number of hydrazone groups is 1. The van der Waals surface area contributed by atoms with Gasteiger partial charge in [-0.3, -0.25) is 4.79 Å². The van der Waals surface area contributed by atoms with Crippen molar-refractivity contribution in [2.45, 2.75) is 6.04 Å². The molecule has 0 spiro atoms. The van der Waals surface area contributed by atoms with E-state index in [1.165, 1.54) is 0 Å². The summed E-state index contributed by atoms with van der Waals surface area (Å²) >= 11 is 0. The Balaban J connectivity index is 1.76. The quantitative estimate of drug-likeness (QED) is 0.581. The Labute approximate surface area is 177 Å². The molecular weight excluding hydrogens is 376 g/mol. The highest BCUT2D eigenvalue weighted by Gasteiger charge is 2.50. The van der Waals surface area contributed by atoms with Crippen LogP contribution in [0, 0.1) is 11.1 Å². The molecule has 30 heavy (non-hydrogen) atoms. The molecule has 6 heteroatoms. The summed E-state index contributed by atoms with van der Waals surface area (Å²) in [7, 11) is 5.63. The maximum absolute atomic E-state index is 13.2. The fraction of sp³-hybridized carbons (Fsp3) is 0.333. The highest BCUT2D eigenvalue weighted by atomic mass is 16.5. The highest BCUT2D eigenvalue weighted by molar-refractivity contribution is 6.05. The van der Waals surface area contributed by atoms with E-state index in [1.807, 2.05) is 85.5 Å². The fourth-order valence-corrected chi connectivity index (χ4v) is 4.50. The number of amides is 1.